The average molecular weight is 278 g/mol. The van der Waals surface area contributed by atoms with E-state index in [2.05, 4.69) is 10.6 Å². The van der Waals surface area contributed by atoms with E-state index in [-0.39, 0.29) is 23.7 Å². The molecular formula is C15H19FN2O2. The molecule has 1 amide bonds. The first-order valence-electron chi connectivity index (χ1n) is 6.76. The maximum absolute atomic E-state index is 13.6. The van der Waals surface area contributed by atoms with Crippen molar-refractivity contribution in [3.05, 3.63) is 35.1 Å². The molecule has 2 N–H and O–H groups in total. The standard InChI is InChI=1S/C15H19FN2O2/c1-9-3-4-11(5-13(9)16)12-6-14(17-7-12)15(20)18-10(2)8-19/h3-5,8,10,12,14,17H,6-7H2,1-2H3,(H,18,20)/t10-,12?,14?/m0/s1. The first kappa shape index (κ1) is 14.7. The summed E-state index contributed by atoms with van der Waals surface area (Å²) in [4.78, 5) is 22.4. The van der Waals surface area contributed by atoms with Crippen molar-refractivity contribution in [1.29, 1.82) is 0 Å². The van der Waals surface area contributed by atoms with Crippen molar-refractivity contribution >= 4 is 12.2 Å². The van der Waals surface area contributed by atoms with Crippen molar-refractivity contribution in [3.8, 4) is 0 Å². The first-order valence-corrected chi connectivity index (χ1v) is 6.76. The minimum Gasteiger partial charge on any atom is -0.346 e. The number of rotatable bonds is 4. The second-order valence-corrected chi connectivity index (χ2v) is 5.34. The Morgan fingerprint density at radius 2 is 2.30 bits per heavy atom. The molecule has 3 atom stereocenters. The Bertz CT molecular complexity index is 519. The number of amides is 1. The zero-order valence-electron chi connectivity index (χ0n) is 11.7. The quantitative estimate of drug-likeness (QED) is 0.816. The minimum atomic E-state index is -0.486. The van der Waals surface area contributed by atoms with Gasteiger partial charge >= 0.3 is 0 Å². The van der Waals surface area contributed by atoms with Crippen LogP contribution in [0, 0.1) is 12.7 Å². The predicted octanol–water partition coefficient (Wildman–Crippen LogP) is 1.28. The molecule has 4 nitrogen and oxygen atoms in total. The van der Waals surface area contributed by atoms with Gasteiger partial charge in [-0.15, -0.1) is 0 Å². The van der Waals surface area contributed by atoms with E-state index in [0.29, 0.717) is 24.8 Å². The molecule has 1 heterocycles. The summed E-state index contributed by atoms with van der Waals surface area (Å²) in [5, 5.41) is 5.74. The Morgan fingerprint density at radius 3 is 2.95 bits per heavy atom. The van der Waals surface area contributed by atoms with Crippen LogP contribution in [-0.2, 0) is 9.59 Å². The molecule has 2 rings (SSSR count). The largest absolute Gasteiger partial charge is 0.346 e. The number of aryl methyl sites for hydroxylation is 1. The Hall–Kier alpha value is -1.75. The van der Waals surface area contributed by atoms with E-state index >= 15 is 0 Å². The highest BCUT2D eigenvalue weighted by Gasteiger charge is 2.30. The maximum atomic E-state index is 13.6. The molecule has 2 unspecified atom stereocenters. The smallest absolute Gasteiger partial charge is 0.237 e. The third-order valence-electron chi connectivity index (χ3n) is 3.69. The van der Waals surface area contributed by atoms with Crippen LogP contribution in [0.25, 0.3) is 0 Å². The Balaban J connectivity index is 1.99. The molecule has 0 radical (unpaired) electrons. The van der Waals surface area contributed by atoms with Gasteiger partial charge < -0.3 is 15.4 Å². The molecule has 0 spiro atoms. The zero-order chi connectivity index (χ0) is 14.7. The number of carbonyl (C=O) groups is 2. The molecule has 1 aromatic rings. The lowest BCUT2D eigenvalue weighted by molar-refractivity contribution is -0.125. The van der Waals surface area contributed by atoms with Crippen LogP contribution in [0.3, 0.4) is 0 Å². The van der Waals surface area contributed by atoms with Crippen LogP contribution in [0.1, 0.15) is 30.4 Å². The Kier molecular flexibility index (Phi) is 4.49. The summed E-state index contributed by atoms with van der Waals surface area (Å²) in [6.07, 6.45) is 1.31. The number of aldehydes is 1. The zero-order valence-corrected chi connectivity index (χ0v) is 11.7. The summed E-state index contributed by atoms with van der Waals surface area (Å²) in [6, 6.07) is 4.38. The summed E-state index contributed by atoms with van der Waals surface area (Å²) in [5.74, 6) is -0.281. The van der Waals surface area contributed by atoms with Crippen LogP contribution in [0.4, 0.5) is 4.39 Å². The summed E-state index contributed by atoms with van der Waals surface area (Å²) < 4.78 is 13.6. The number of hydrogen-bond acceptors (Lipinski definition) is 3. The Labute approximate surface area is 117 Å². The fraction of sp³-hybridized carbons (Fsp3) is 0.467. The van der Waals surface area contributed by atoms with Crippen LogP contribution in [0.5, 0.6) is 0 Å². The third kappa shape index (κ3) is 3.22. The highest BCUT2D eigenvalue weighted by atomic mass is 19.1. The molecular weight excluding hydrogens is 259 g/mol. The van der Waals surface area contributed by atoms with Gasteiger partial charge in [-0.1, -0.05) is 12.1 Å². The van der Waals surface area contributed by atoms with Crippen molar-refractivity contribution in [3.63, 3.8) is 0 Å². The molecule has 108 valence electrons. The second kappa shape index (κ2) is 6.13. The number of carbonyl (C=O) groups excluding carboxylic acids is 2. The first-order chi connectivity index (χ1) is 9.51. The van der Waals surface area contributed by atoms with Gasteiger partial charge in [0.2, 0.25) is 5.91 Å². The van der Waals surface area contributed by atoms with E-state index in [9.17, 15) is 14.0 Å². The maximum Gasteiger partial charge on any atom is 0.237 e. The molecule has 1 aliphatic rings. The van der Waals surface area contributed by atoms with Crippen LogP contribution < -0.4 is 10.6 Å². The second-order valence-electron chi connectivity index (χ2n) is 5.34. The molecule has 0 aromatic heterocycles. The average Bonchev–Trinajstić information content (AvgIpc) is 2.91. The SMILES string of the molecule is Cc1ccc(C2CNC(C(=O)N[C@@H](C)C=O)C2)cc1F. The van der Waals surface area contributed by atoms with Gasteiger partial charge in [0.05, 0.1) is 12.1 Å². The van der Waals surface area contributed by atoms with Crippen LogP contribution >= 0.6 is 0 Å². The molecule has 1 fully saturated rings. The van der Waals surface area contributed by atoms with Gasteiger partial charge in [0.15, 0.2) is 0 Å². The van der Waals surface area contributed by atoms with E-state index in [1.165, 1.54) is 6.07 Å². The van der Waals surface area contributed by atoms with Gasteiger partial charge in [-0.3, -0.25) is 4.79 Å². The lowest BCUT2D eigenvalue weighted by Gasteiger charge is -2.13. The van der Waals surface area contributed by atoms with Gasteiger partial charge in [0.25, 0.3) is 0 Å². The Morgan fingerprint density at radius 1 is 1.55 bits per heavy atom. The van der Waals surface area contributed by atoms with E-state index < -0.39 is 6.04 Å². The van der Waals surface area contributed by atoms with Crippen LogP contribution in [0.2, 0.25) is 0 Å². The van der Waals surface area contributed by atoms with Gasteiger partial charge in [0, 0.05) is 6.54 Å². The third-order valence-corrected chi connectivity index (χ3v) is 3.69. The van der Waals surface area contributed by atoms with Crippen molar-refractivity contribution < 1.29 is 14.0 Å². The summed E-state index contributed by atoms with van der Waals surface area (Å²) in [6.45, 7) is 3.99. The highest BCUT2D eigenvalue weighted by Crippen LogP contribution is 2.27. The topological polar surface area (TPSA) is 58.2 Å². The molecule has 0 aliphatic carbocycles. The minimum absolute atomic E-state index is 0.118. The lowest BCUT2D eigenvalue weighted by atomic mass is 9.95. The van der Waals surface area contributed by atoms with Gasteiger partial charge in [-0.05, 0) is 43.4 Å². The lowest BCUT2D eigenvalue weighted by Crippen LogP contribution is -2.44. The molecule has 20 heavy (non-hydrogen) atoms. The monoisotopic (exact) mass is 278 g/mol. The molecule has 1 aliphatic heterocycles. The molecule has 0 bridgehead atoms. The van der Waals surface area contributed by atoms with E-state index in [1.807, 2.05) is 6.07 Å². The normalized spacial score (nSPS) is 23.4. The van der Waals surface area contributed by atoms with E-state index in [0.717, 1.165) is 5.56 Å². The van der Waals surface area contributed by atoms with Crippen molar-refractivity contribution in [2.24, 2.45) is 0 Å². The summed E-state index contributed by atoms with van der Waals surface area (Å²) in [5.41, 5.74) is 1.52. The van der Waals surface area contributed by atoms with Crippen molar-refractivity contribution in [1.82, 2.24) is 10.6 Å². The summed E-state index contributed by atoms with van der Waals surface area (Å²) >= 11 is 0. The molecule has 5 heteroatoms. The molecule has 0 saturated carbocycles. The van der Waals surface area contributed by atoms with Crippen LogP contribution in [0.15, 0.2) is 18.2 Å². The van der Waals surface area contributed by atoms with Gasteiger partial charge in [0.1, 0.15) is 12.1 Å². The van der Waals surface area contributed by atoms with Gasteiger partial charge in [-0.2, -0.15) is 0 Å². The molecule has 1 aromatic carbocycles. The number of benzene rings is 1. The number of hydrogen-bond donors (Lipinski definition) is 2. The van der Waals surface area contributed by atoms with Crippen LogP contribution in [-0.4, -0.2) is 30.8 Å². The van der Waals surface area contributed by atoms with E-state index in [1.54, 1.807) is 19.9 Å². The van der Waals surface area contributed by atoms with Crippen molar-refractivity contribution in [2.45, 2.75) is 38.3 Å². The number of nitrogens with one attached hydrogen (secondary N) is 2. The summed E-state index contributed by atoms with van der Waals surface area (Å²) in [7, 11) is 0. The molecule has 1 saturated heterocycles. The van der Waals surface area contributed by atoms with Gasteiger partial charge in [-0.25, -0.2) is 4.39 Å². The predicted molar refractivity (Wildman–Crippen MR) is 74.0 cm³/mol. The highest BCUT2D eigenvalue weighted by molar-refractivity contribution is 5.84. The fourth-order valence-corrected chi connectivity index (χ4v) is 2.41. The van der Waals surface area contributed by atoms with E-state index in [4.69, 9.17) is 0 Å². The fourth-order valence-electron chi connectivity index (χ4n) is 2.41. The number of halogens is 1. The van der Waals surface area contributed by atoms with Crippen molar-refractivity contribution in [2.75, 3.05) is 6.54 Å².